The summed E-state index contributed by atoms with van der Waals surface area (Å²) in [5.41, 5.74) is 4.00. The van der Waals surface area contributed by atoms with Gasteiger partial charge < -0.3 is 5.32 Å². The van der Waals surface area contributed by atoms with Crippen molar-refractivity contribution in [2.75, 3.05) is 5.32 Å². The number of hydrogen-bond acceptors (Lipinski definition) is 6. The fourth-order valence-electron chi connectivity index (χ4n) is 2.78. The van der Waals surface area contributed by atoms with E-state index < -0.39 is 0 Å². The average molecular weight is 360 g/mol. The smallest absolute Gasteiger partial charge is 0.164 e. The number of halogens is 1. The van der Waals surface area contributed by atoms with Crippen LogP contribution in [0, 0.1) is 12.7 Å². The number of aromatic nitrogens is 5. The van der Waals surface area contributed by atoms with E-state index in [1.165, 1.54) is 18.5 Å². The van der Waals surface area contributed by atoms with Crippen molar-refractivity contribution in [1.29, 1.82) is 0 Å². The Morgan fingerprint density at radius 2 is 1.74 bits per heavy atom. The van der Waals surface area contributed by atoms with E-state index in [1.807, 2.05) is 32.0 Å². The molecule has 0 aliphatic rings. The van der Waals surface area contributed by atoms with Crippen molar-refractivity contribution in [2.45, 2.75) is 19.9 Å². The first kappa shape index (κ1) is 17.0. The van der Waals surface area contributed by atoms with E-state index in [2.05, 4.69) is 30.5 Å². The fourth-order valence-corrected chi connectivity index (χ4v) is 2.78. The largest absolute Gasteiger partial charge is 0.361 e. The van der Waals surface area contributed by atoms with Crippen LogP contribution in [-0.2, 0) is 0 Å². The maximum Gasteiger partial charge on any atom is 0.164 e. The number of nitrogens with one attached hydrogen (secondary N) is 1. The predicted molar refractivity (Wildman–Crippen MR) is 102 cm³/mol. The Balaban J connectivity index is 1.70. The van der Waals surface area contributed by atoms with E-state index in [1.54, 1.807) is 18.3 Å². The van der Waals surface area contributed by atoms with Crippen molar-refractivity contribution >= 4 is 16.9 Å². The highest BCUT2D eigenvalue weighted by molar-refractivity contribution is 5.89. The lowest BCUT2D eigenvalue weighted by atomic mass is 10.1. The van der Waals surface area contributed by atoms with Gasteiger partial charge in [-0.15, -0.1) is 0 Å². The first-order valence-corrected chi connectivity index (χ1v) is 8.53. The molecule has 0 amide bonds. The van der Waals surface area contributed by atoms with Crippen LogP contribution in [0.2, 0.25) is 0 Å². The minimum absolute atomic E-state index is 0.0920. The standard InChI is InChI=1S/C20H17FN6/c1-12-3-8-18(27-26-12)13(2)25-20-17-9-15(10-22-19(17)23-11-24-20)14-4-6-16(21)7-5-14/h3-11,13H,1-2H3,(H,22,23,24,25)/t13-/m1/s1. The Morgan fingerprint density at radius 1 is 0.926 bits per heavy atom. The molecule has 1 atom stereocenters. The highest BCUT2D eigenvalue weighted by Gasteiger charge is 2.12. The van der Waals surface area contributed by atoms with Crippen LogP contribution in [0.25, 0.3) is 22.2 Å². The second kappa shape index (κ2) is 7.03. The summed E-state index contributed by atoms with van der Waals surface area (Å²) < 4.78 is 13.2. The van der Waals surface area contributed by atoms with E-state index in [9.17, 15) is 4.39 Å². The molecule has 0 spiro atoms. The van der Waals surface area contributed by atoms with E-state index in [0.717, 1.165) is 27.9 Å². The molecule has 134 valence electrons. The molecule has 7 heteroatoms. The molecule has 3 heterocycles. The van der Waals surface area contributed by atoms with Gasteiger partial charge in [0.15, 0.2) is 5.65 Å². The Kier molecular flexibility index (Phi) is 4.42. The first-order chi connectivity index (χ1) is 13.1. The third kappa shape index (κ3) is 3.57. The molecule has 6 nitrogen and oxygen atoms in total. The molecular weight excluding hydrogens is 343 g/mol. The van der Waals surface area contributed by atoms with Crippen LogP contribution in [0.4, 0.5) is 10.2 Å². The van der Waals surface area contributed by atoms with Crippen LogP contribution in [-0.4, -0.2) is 25.1 Å². The molecular formula is C20H17FN6. The number of rotatable bonds is 4. The van der Waals surface area contributed by atoms with E-state index in [4.69, 9.17) is 0 Å². The minimum atomic E-state index is -0.272. The van der Waals surface area contributed by atoms with Crippen molar-refractivity contribution in [3.8, 4) is 11.1 Å². The highest BCUT2D eigenvalue weighted by atomic mass is 19.1. The summed E-state index contributed by atoms with van der Waals surface area (Å²) in [7, 11) is 0. The molecule has 0 saturated carbocycles. The zero-order valence-corrected chi connectivity index (χ0v) is 14.9. The van der Waals surface area contributed by atoms with Crippen molar-refractivity contribution in [3.05, 3.63) is 72.2 Å². The third-order valence-corrected chi connectivity index (χ3v) is 4.28. The van der Waals surface area contributed by atoms with Crippen LogP contribution in [0.15, 0.2) is 55.0 Å². The van der Waals surface area contributed by atoms with Gasteiger partial charge in [-0.1, -0.05) is 12.1 Å². The molecule has 0 bridgehead atoms. The van der Waals surface area contributed by atoms with E-state index in [-0.39, 0.29) is 11.9 Å². The van der Waals surface area contributed by atoms with Crippen LogP contribution in [0.1, 0.15) is 24.4 Å². The Hall–Kier alpha value is -3.48. The molecule has 0 saturated heterocycles. The van der Waals surface area contributed by atoms with Gasteiger partial charge in [-0.2, -0.15) is 10.2 Å². The van der Waals surface area contributed by atoms with Gasteiger partial charge in [0, 0.05) is 11.8 Å². The highest BCUT2D eigenvalue weighted by Crippen LogP contribution is 2.27. The Bertz CT molecular complexity index is 1080. The van der Waals surface area contributed by atoms with Gasteiger partial charge >= 0.3 is 0 Å². The summed E-state index contributed by atoms with van der Waals surface area (Å²) in [6.45, 7) is 3.89. The number of nitrogens with zero attached hydrogens (tertiary/aromatic N) is 5. The van der Waals surface area contributed by atoms with Crippen LogP contribution < -0.4 is 5.32 Å². The van der Waals surface area contributed by atoms with Crippen LogP contribution in [0.5, 0.6) is 0 Å². The summed E-state index contributed by atoms with van der Waals surface area (Å²) in [5.74, 6) is 0.387. The SMILES string of the molecule is Cc1ccc([C@@H](C)Nc2ncnc3ncc(-c4ccc(F)cc4)cc23)nn1. The van der Waals surface area contributed by atoms with Crippen molar-refractivity contribution < 1.29 is 4.39 Å². The molecule has 4 rings (SSSR count). The normalized spacial score (nSPS) is 12.1. The quantitative estimate of drug-likeness (QED) is 0.590. The summed E-state index contributed by atoms with van der Waals surface area (Å²) in [6.07, 6.45) is 3.20. The number of benzene rings is 1. The molecule has 1 aromatic carbocycles. The fraction of sp³-hybridized carbons (Fsp3) is 0.150. The lowest BCUT2D eigenvalue weighted by Crippen LogP contribution is -2.11. The number of hydrogen-bond donors (Lipinski definition) is 1. The van der Waals surface area contributed by atoms with Gasteiger partial charge in [0.05, 0.1) is 22.8 Å². The number of fused-ring (bicyclic) bond motifs is 1. The second-order valence-corrected chi connectivity index (χ2v) is 6.29. The molecule has 1 N–H and O–H groups in total. The van der Waals surface area contributed by atoms with Gasteiger partial charge in [0.2, 0.25) is 0 Å². The Morgan fingerprint density at radius 3 is 2.48 bits per heavy atom. The molecule has 0 aliphatic heterocycles. The zero-order valence-electron chi connectivity index (χ0n) is 14.9. The molecule has 0 unspecified atom stereocenters. The van der Waals surface area contributed by atoms with Crippen molar-refractivity contribution in [1.82, 2.24) is 25.1 Å². The van der Waals surface area contributed by atoms with Crippen LogP contribution in [0.3, 0.4) is 0 Å². The Labute approximate surface area is 155 Å². The number of aryl methyl sites for hydroxylation is 1. The monoisotopic (exact) mass is 360 g/mol. The average Bonchev–Trinajstić information content (AvgIpc) is 2.69. The third-order valence-electron chi connectivity index (χ3n) is 4.28. The molecule has 4 aromatic rings. The molecule has 0 radical (unpaired) electrons. The summed E-state index contributed by atoms with van der Waals surface area (Å²) in [6, 6.07) is 12.0. The zero-order chi connectivity index (χ0) is 18.8. The summed E-state index contributed by atoms with van der Waals surface area (Å²) in [5, 5.41) is 12.5. The lowest BCUT2D eigenvalue weighted by molar-refractivity contribution is 0.628. The van der Waals surface area contributed by atoms with Crippen molar-refractivity contribution in [3.63, 3.8) is 0 Å². The second-order valence-electron chi connectivity index (χ2n) is 6.29. The van der Waals surface area contributed by atoms with E-state index in [0.29, 0.717) is 11.5 Å². The lowest BCUT2D eigenvalue weighted by Gasteiger charge is -2.15. The molecule has 3 aromatic heterocycles. The summed E-state index contributed by atoms with van der Waals surface area (Å²) in [4.78, 5) is 13.0. The van der Waals surface area contributed by atoms with Gasteiger partial charge in [-0.25, -0.2) is 19.3 Å². The van der Waals surface area contributed by atoms with Gasteiger partial charge in [-0.05, 0) is 49.7 Å². The molecule has 0 aliphatic carbocycles. The van der Waals surface area contributed by atoms with E-state index >= 15 is 0 Å². The van der Waals surface area contributed by atoms with Gasteiger partial charge in [-0.3, -0.25) is 0 Å². The number of pyridine rings is 1. The number of anilines is 1. The maximum atomic E-state index is 13.2. The first-order valence-electron chi connectivity index (χ1n) is 8.53. The van der Waals surface area contributed by atoms with Gasteiger partial charge in [0.1, 0.15) is 18.0 Å². The van der Waals surface area contributed by atoms with Crippen molar-refractivity contribution in [2.24, 2.45) is 0 Å². The van der Waals surface area contributed by atoms with Gasteiger partial charge in [0.25, 0.3) is 0 Å². The molecule has 27 heavy (non-hydrogen) atoms. The van der Waals surface area contributed by atoms with Crippen LogP contribution >= 0.6 is 0 Å². The molecule has 0 fully saturated rings. The topological polar surface area (TPSA) is 76.5 Å². The maximum absolute atomic E-state index is 13.2. The predicted octanol–water partition coefficient (Wildman–Crippen LogP) is 4.10. The minimum Gasteiger partial charge on any atom is -0.361 e. The summed E-state index contributed by atoms with van der Waals surface area (Å²) >= 11 is 0.